The summed E-state index contributed by atoms with van der Waals surface area (Å²) < 4.78 is 53.6. The predicted octanol–water partition coefficient (Wildman–Crippen LogP) is 4.14. The number of pyridine rings is 1. The summed E-state index contributed by atoms with van der Waals surface area (Å²) in [5.74, 6) is 0.105. The molecule has 0 bridgehead atoms. The Balaban J connectivity index is 2.35. The fourth-order valence-corrected chi connectivity index (χ4v) is 2.74. The van der Waals surface area contributed by atoms with E-state index in [0.717, 1.165) is 12.1 Å². The lowest BCUT2D eigenvalue weighted by molar-refractivity contribution is -0.137. The van der Waals surface area contributed by atoms with Gasteiger partial charge in [-0.2, -0.15) is 13.2 Å². The van der Waals surface area contributed by atoms with Gasteiger partial charge in [0.1, 0.15) is 5.82 Å². The summed E-state index contributed by atoms with van der Waals surface area (Å²) in [5, 5.41) is 2.42. The zero-order valence-electron chi connectivity index (χ0n) is 13.9. The Hall–Kier alpha value is -2.49. The van der Waals surface area contributed by atoms with Crippen molar-refractivity contribution in [1.82, 2.24) is 4.98 Å². The number of hydrogen-bond donors (Lipinski definition) is 1. The lowest BCUT2D eigenvalue weighted by atomic mass is 10.1. The van der Waals surface area contributed by atoms with Crippen molar-refractivity contribution in [3.8, 4) is 17.2 Å². The molecule has 2 rings (SSSR count). The molecular weight excluding hydrogens is 421 g/mol. The molecule has 0 aliphatic heterocycles. The van der Waals surface area contributed by atoms with Gasteiger partial charge in [-0.3, -0.25) is 4.79 Å². The van der Waals surface area contributed by atoms with Crippen LogP contribution in [0.25, 0.3) is 0 Å². The molecule has 26 heavy (non-hydrogen) atoms. The molecule has 1 amide bonds. The molecule has 140 valence electrons. The SMILES string of the molecule is COc1cc(C(=O)Nc2ccc(C(F)(F)F)cn2)c(Br)c(OC)c1OC. The van der Waals surface area contributed by atoms with Crippen LogP contribution in [-0.4, -0.2) is 32.2 Å². The number of ether oxygens (including phenoxy) is 3. The van der Waals surface area contributed by atoms with E-state index in [4.69, 9.17) is 14.2 Å². The minimum Gasteiger partial charge on any atom is -0.493 e. The molecule has 0 saturated carbocycles. The Morgan fingerprint density at radius 3 is 2.23 bits per heavy atom. The molecule has 0 saturated heterocycles. The highest BCUT2D eigenvalue weighted by molar-refractivity contribution is 9.10. The normalized spacial score (nSPS) is 11.0. The van der Waals surface area contributed by atoms with Crippen molar-refractivity contribution in [2.24, 2.45) is 0 Å². The molecule has 10 heteroatoms. The van der Waals surface area contributed by atoms with Crippen molar-refractivity contribution in [3.63, 3.8) is 0 Å². The van der Waals surface area contributed by atoms with Gasteiger partial charge in [-0.1, -0.05) is 0 Å². The minimum absolute atomic E-state index is 0.0383. The van der Waals surface area contributed by atoms with E-state index in [9.17, 15) is 18.0 Å². The lowest BCUT2D eigenvalue weighted by Gasteiger charge is -2.16. The number of amides is 1. The molecule has 0 radical (unpaired) electrons. The number of halogens is 4. The van der Waals surface area contributed by atoms with Gasteiger partial charge in [-0.15, -0.1) is 0 Å². The first kappa shape index (κ1) is 19.8. The van der Waals surface area contributed by atoms with Crippen LogP contribution >= 0.6 is 15.9 Å². The summed E-state index contributed by atoms with van der Waals surface area (Å²) in [5.41, 5.74) is -0.786. The number of carbonyl (C=O) groups is 1. The first-order chi connectivity index (χ1) is 12.2. The Morgan fingerprint density at radius 1 is 1.12 bits per heavy atom. The number of nitrogens with one attached hydrogen (secondary N) is 1. The topological polar surface area (TPSA) is 69.7 Å². The van der Waals surface area contributed by atoms with E-state index in [1.165, 1.54) is 27.4 Å². The summed E-state index contributed by atoms with van der Waals surface area (Å²) in [6.07, 6.45) is -3.87. The quantitative estimate of drug-likeness (QED) is 0.765. The number of nitrogens with zero attached hydrogens (tertiary/aromatic N) is 1. The van der Waals surface area contributed by atoms with Gasteiger partial charge in [0.15, 0.2) is 11.5 Å². The van der Waals surface area contributed by atoms with Crippen molar-refractivity contribution < 1.29 is 32.2 Å². The van der Waals surface area contributed by atoms with Gasteiger partial charge in [-0.05, 0) is 34.1 Å². The second kappa shape index (κ2) is 7.81. The Kier molecular flexibility index (Phi) is 5.96. The van der Waals surface area contributed by atoms with E-state index >= 15 is 0 Å². The van der Waals surface area contributed by atoms with Gasteiger partial charge in [-0.25, -0.2) is 4.98 Å². The standard InChI is InChI=1S/C16H14BrF3N2O4/c1-24-10-6-9(12(17)14(26-3)13(10)25-2)15(23)22-11-5-4-8(7-21-11)16(18,19)20/h4-7H,1-3H3,(H,21,22,23). The summed E-state index contributed by atoms with van der Waals surface area (Å²) >= 11 is 3.26. The van der Waals surface area contributed by atoms with Gasteiger partial charge in [0.05, 0.1) is 36.9 Å². The second-order valence-electron chi connectivity index (χ2n) is 4.89. The number of carbonyl (C=O) groups excluding carboxylic acids is 1. The molecule has 6 nitrogen and oxygen atoms in total. The number of aromatic nitrogens is 1. The Bertz CT molecular complexity index is 811. The van der Waals surface area contributed by atoms with Crippen LogP contribution < -0.4 is 19.5 Å². The number of benzene rings is 1. The third-order valence-electron chi connectivity index (χ3n) is 3.35. The van der Waals surface area contributed by atoms with Crippen LogP contribution in [0, 0.1) is 0 Å². The highest BCUT2D eigenvalue weighted by Gasteiger charge is 2.30. The zero-order valence-corrected chi connectivity index (χ0v) is 15.5. The predicted molar refractivity (Wildman–Crippen MR) is 91.0 cm³/mol. The van der Waals surface area contributed by atoms with Gasteiger partial charge in [0, 0.05) is 6.20 Å². The van der Waals surface area contributed by atoms with Crippen molar-refractivity contribution in [2.75, 3.05) is 26.6 Å². The molecule has 0 aliphatic rings. The smallest absolute Gasteiger partial charge is 0.417 e. The van der Waals surface area contributed by atoms with E-state index < -0.39 is 17.6 Å². The zero-order chi connectivity index (χ0) is 19.5. The average Bonchev–Trinajstić information content (AvgIpc) is 2.60. The van der Waals surface area contributed by atoms with E-state index in [1.54, 1.807) is 0 Å². The van der Waals surface area contributed by atoms with Gasteiger partial charge in [0.25, 0.3) is 5.91 Å². The van der Waals surface area contributed by atoms with Crippen molar-refractivity contribution in [2.45, 2.75) is 6.18 Å². The van der Waals surface area contributed by atoms with E-state index in [0.29, 0.717) is 10.7 Å². The summed E-state index contributed by atoms with van der Waals surface area (Å²) in [4.78, 5) is 16.1. The molecule has 0 fully saturated rings. The van der Waals surface area contributed by atoms with E-state index in [2.05, 4.69) is 26.2 Å². The monoisotopic (exact) mass is 434 g/mol. The van der Waals surface area contributed by atoms with Crippen LogP contribution in [0.1, 0.15) is 15.9 Å². The van der Waals surface area contributed by atoms with Crippen LogP contribution in [0.5, 0.6) is 17.2 Å². The van der Waals surface area contributed by atoms with Crippen LogP contribution in [0.4, 0.5) is 19.0 Å². The highest BCUT2D eigenvalue weighted by atomic mass is 79.9. The molecule has 1 aromatic heterocycles. The maximum atomic E-state index is 12.6. The maximum Gasteiger partial charge on any atom is 0.417 e. The average molecular weight is 435 g/mol. The molecular formula is C16H14BrF3N2O4. The van der Waals surface area contributed by atoms with Crippen LogP contribution in [0.15, 0.2) is 28.9 Å². The minimum atomic E-state index is -4.50. The van der Waals surface area contributed by atoms with Crippen LogP contribution in [0.3, 0.4) is 0 Å². The lowest BCUT2D eigenvalue weighted by Crippen LogP contribution is -2.15. The van der Waals surface area contributed by atoms with Crippen LogP contribution in [-0.2, 0) is 6.18 Å². The number of hydrogen-bond acceptors (Lipinski definition) is 5. The molecule has 0 spiro atoms. The summed E-state index contributed by atoms with van der Waals surface area (Å²) in [6, 6.07) is 3.30. The molecule has 1 aromatic carbocycles. The Labute approximate surface area is 155 Å². The van der Waals surface area contributed by atoms with Crippen LogP contribution in [0.2, 0.25) is 0 Å². The fraction of sp³-hybridized carbons (Fsp3) is 0.250. The van der Waals surface area contributed by atoms with Gasteiger partial charge >= 0.3 is 6.18 Å². The third kappa shape index (κ3) is 4.01. The second-order valence-corrected chi connectivity index (χ2v) is 5.68. The highest BCUT2D eigenvalue weighted by Crippen LogP contribution is 2.44. The first-order valence-corrected chi connectivity index (χ1v) is 7.85. The third-order valence-corrected chi connectivity index (χ3v) is 4.13. The Morgan fingerprint density at radius 2 is 1.77 bits per heavy atom. The fourth-order valence-electron chi connectivity index (χ4n) is 2.11. The largest absolute Gasteiger partial charge is 0.493 e. The number of methoxy groups -OCH3 is 3. The van der Waals surface area contributed by atoms with E-state index in [1.807, 2.05) is 0 Å². The summed E-state index contributed by atoms with van der Waals surface area (Å²) in [6.45, 7) is 0. The molecule has 1 heterocycles. The molecule has 2 aromatic rings. The van der Waals surface area contributed by atoms with Crippen molar-refractivity contribution in [1.29, 1.82) is 0 Å². The molecule has 0 atom stereocenters. The van der Waals surface area contributed by atoms with Crippen molar-refractivity contribution >= 4 is 27.7 Å². The number of anilines is 1. The molecule has 1 N–H and O–H groups in total. The van der Waals surface area contributed by atoms with Gasteiger partial charge < -0.3 is 19.5 Å². The number of rotatable bonds is 5. The summed E-state index contributed by atoms with van der Waals surface area (Å²) in [7, 11) is 4.20. The first-order valence-electron chi connectivity index (χ1n) is 7.06. The number of alkyl halides is 3. The van der Waals surface area contributed by atoms with Crippen molar-refractivity contribution in [3.05, 3.63) is 40.0 Å². The molecule has 0 unspecified atom stereocenters. The maximum absolute atomic E-state index is 12.6. The molecule has 0 aliphatic carbocycles. The van der Waals surface area contributed by atoms with Gasteiger partial charge in [0.2, 0.25) is 5.75 Å². The van der Waals surface area contributed by atoms with E-state index in [-0.39, 0.29) is 28.6 Å².